The van der Waals surface area contributed by atoms with Crippen molar-refractivity contribution in [3.63, 3.8) is 0 Å². The van der Waals surface area contributed by atoms with Crippen molar-refractivity contribution < 1.29 is 8.42 Å². The van der Waals surface area contributed by atoms with Crippen molar-refractivity contribution in [1.29, 1.82) is 0 Å². The zero-order valence-electron chi connectivity index (χ0n) is 11.3. The summed E-state index contributed by atoms with van der Waals surface area (Å²) in [6.45, 7) is 4.23. The second-order valence-corrected chi connectivity index (χ2v) is 6.42. The van der Waals surface area contributed by atoms with Crippen LogP contribution < -0.4 is 9.44 Å². The maximum atomic E-state index is 11.9. The number of aromatic nitrogens is 2. The summed E-state index contributed by atoms with van der Waals surface area (Å²) < 4.78 is 29.0. The van der Waals surface area contributed by atoms with Crippen molar-refractivity contribution in [3.8, 4) is 0 Å². The van der Waals surface area contributed by atoms with Crippen molar-refractivity contribution in [2.24, 2.45) is 5.92 Å². The molecule has 1 fully saturated rings. The molecule has 1 heterocycles. The van der Waals surface area contributed by atoms with Crippen LogP contribution in [0, 0.1) is 12.8 Å². The minimum absolute atomic E-state index is 0.306. The molecule has 0 spiro atoms. The van der Waals surface area contributed by atoms with E-state index in [0.717, 1.165) is 25.0 Å². The van der Waals surface area contributed by atoms with E-state index in [9.17, 15) is 8.42 Å². The van der Waals surface area contributed by atoms with Crippen molar-refractivity contribution in [1.82, 2.24) is 19.4 Å². The standard InChI is InChI=1S/C12H20N4O2S/c1-3-7-14-19(17,18)16-11(10-4-5-10)12-13-8-6-9(2)15-12/h6,8,10-11,14,16H,3-5,7H2,1-2H3/t11-/m0/s1. The van der Waals surface area contributed by atoms with E-state index in [1.165, 1.54) is 0 Å². The molecule has 2 rings (SSSR count). The van der Waals surface area contributed by atoms with Gasteiger partial charge in [0.2, 0.25) is 0 Å². The molecule has 1 saturated carbocycles. The van der Waals surface area contributed by atoms with Crippen LogP contribution in [0.5, 0.6) is 0 Å². The summed E-state index contributed by atoms with van der Waals surface area (Å²) in [6, 6.07) is 1.48. The molecule has 19 heavy (non-hydrogen) atoms. The molecule has 1 aliphatic rings. The number of nitrogens with zero attached hydrogens (tertiary/aromatic N) is 2. The average Bonchev–Trinajstić information content (AvgIpc) is 3.18. The maximum Gasteiger partial charge on any atom is 0.277 e. The quantitative estimate of drug-likeness (QED) is 0.784. The Bertz CT molecular complexity index is 528. The minimum Gasteiger partial charge on any atom is -0.240 e. The van der Waals surface area contributed by atoms with E-state index in [0.29, 0.717) is 18.3 Å². The van der Waals surface area contributed by atoms with Gasteiger partial charge in [-0.05, 0) is 38.2 Å². The molecule has 7 heteroatoms. The highest BCUT2D eigenvalue weighted by Gasteiger charge is 2.36. The third-order valence-electron chi connectivity index (χ3n) is 3.01. The molecule has 0 aromatic carbocycles. The summed E-state index contributed by atoms with van der Waals surface area (Å²) in [4.78, 5) is 8.53. The number of hydrogen-bond acceptors (Lipinski definition) is 4. The summed E-state index contributed by atoms with van der Waals surface area (Å²) in [6.07, 6.45) is 4.45. The Morgan fingerprint density at radius 2 is 2.21 bits per heavy atom. The molecular weight excluding hydrogens is 264 g/mol. The van der Waals surface area contributed by atoms with E-state index >= 15 is 0 Å². The second-order valence-electron chi connectivity index (χ2n) is 4.89. The van der Waals surface area contributed by atoms with E-state index in [1.54, 1.807) is 12.3 Å². The molecule has 0 bridgehead atoms. The average molecular weight is 284 g/mol. The Balaban J connectivity index is 2.13. The molecule has 1 aliphatic carbocycles. The largest absolute Gasteiger partial charge is 0.277 e. The van der Waals surface area contributed by atoms with Gasteiger partial charge in [-0.15, -0.1) is 0 Å². The van der Waals surface area contributed by atoms with Gasteiger partial charge in [-0.1, -0.05) is 6.92 Å². The fraction of sp³-hybridized carbons (Fsp3) is 0.667. The molecule has 2 N–H and O–H groups in total. The molecule has 1 aromatic heterocycles. The zero-order chi connectivity index (χ0) is 13.9. The molecule has 0 saturated heterocycles. The monoisotopic (exact) mass is 284 g/mol. The second kappa shape index (κ2) is 5.94. The SMILES string of the molecule is CCCNS(=O)(=O)N[C@H](c1nccc(C)n1)C1CC1. The van der Waals surface area contributed by atoms with Gasteiger partial charge >= 0.3 is 0 Å². The first-order valence-electron chi connectivity index (χ1n) is 6.58. The Morgan fingerprint density at radius 3 is 2.79 bits per heavy atom. The van der Waals surface area contributed by atoms with E-state index in [2.05, 4.69) is 19.4 Å². The van der Waals surface area contributed by atoms with Crippen LogP contribution in [0.3, 0.4) is 0 Å². The van der Waals surface area contributed by atoms with Crippen LogP contribution in [0.2, 0.25) is 0 Å². The Hall–Kier alpha value is -1.05. The van der Waals surface area contributed by atoms with Gasteiger partial charge in [-0.2, -0.15) is 13.1 Å². The Labute approximate surface area is 114 Å². The smallest absolute Gasteiger partial charge is 0.240 e. The van der Waals surface area contributed by atoms with Crippen LogP contribution in [0.15, 0.2) is 12.3 Å². The van der Waals surface area contributed by atoms with E-state index < -0.39 is 10.2 Å². The molecule has 1 aromatic rings. The third kappa shape index (κ3) is 4.22. The van der Waals surface area contributed by atoms with Gasteiger partial charge in [-0.3, -0.25) is 0 Å². The van der Waals surface area contributed by atoms with Crippen LogP contribution in [0.25, 0.3) is 0 Å². The van der Waals surface area contributed by atoms with Gasteiger partial charge in [0, 0.05) is 18.4 Å². The molecule has 6 nitrogen and oxygen atoms in total. The maximum absolute atomic E-state index is 11.9. The Kier molecular flexibility index (Phi) is 4.49. The summed E-state index contributed by atoms with van der Waals surface area (Å²) in [5.41, 5.74) is 0.844. The lowest BCUT2D eigenvalue weighted by atomic mass is 10.2. The number of hydrogen-bond donors (Lipinski definition) is 2. The van der Waals surface area contributed by atoms with Crippen molar-refractivity contribution in [3.05, 3.63) is 23.8 Å². The first-order chi connectivity index (χ1) is 9.02. The van der Waals surface area contributed by atoms with Gasteiger partial charge in [0.1, 0.15) is 5.82 Å². The normalized spacial score (nSPS) is 17.4. The fourth-order valence-corrected chi connectivity index (χ4v) is 3.04. The van der Waals surface area contributed by atoms with Crippen molar-refractivity contribution in [2.75, 3.05) is 6.54 Å². The van der Waals surface area contributed by atoms with Gasteiger partial charge in [0.15, 0.2) is 0 Å². The molecule has 0 amide bonds. The van der Waals surface area contributed by atoms with Gasteiger partial charge in [0.05, 0.1) is 6.04 Å². The summed E-state index contributed by atoms with van der Waals surface area (Å²) >= 11 is 0. The minimum atomic E-state index is -3.49. The fourth-order valence-electron chi connectivity index (χ4n) is 1.85. The van der Waals surface area contributed by atoms with Crippen molar-refractivity contribution in [2.45, 2.75) is 39.2 Å². The molecule has 1 atom stereocenters. The van der Waals surface area contributed by atoms with Gasteiger partial charge in [-0.25, -0.2) is 14.7 Å². The lowest BCUT2D eigenvalue weighted by Gasteiger charge is -2.17. The molecule has 0 aliphatic heterocycles. The first kappa shape index (κ1) is 14.4. The molecule has 0 unspecified atom stereocenters. The topological polar surface area (TPSA) is 84.0 Å². The molecular formula is C12H20N4O2S. The highest BCUT2D eigenvalue weighted by Crippen LogP contribution is 2.40. The summed E-state index contributed by atoms with van der Waals surface area (Å²) in [5.74, 6) is 0.865. The molecule has 0 radical (unpaired) electrons. The van der Waals surface area contributed by atoms with E-state index in [1.807, 2.05) is 13.8 Å². The van der Waals surface area contributed by atoms with Crippen LogP contribution in [-0.4, -0.2) is 24.9 Å². The zero-order valence-corrected chi connectivity index (χ0v) is 12.1. The van der Waals surface area contributed by atoms with Crippen molar-refractivity contribution >= 4 is 10.2 Å². The van der Waals surface area contributed by atoms with Gasteiger partial charge < -0.3 is 0 Å². The van der Waals surface area contributed by atoms with Crippen LogP contribution in [0.4, 0.5) is 0 Å². The highest BCUT2D eigenvalue weighted by molar-refractivity contribution is 7.87. The predicted octanol–water partition coefficient (Wildman–Crippen LogP) is 1.07. The van der Waals surface area contributed by atoms with Gasteiger partial charge in [0.25, 0.3) is 10.2 Å². The first-order valence-corrected chi connectivity index (χ1v) is 8.06. The number of rotatable bonds is 7. The highest BCUT2D eigenvalue weighted by atomic mass is 32.2. The summed E-state index contributed by atoms with van der Waals surface area (Å²) in [7, 11) is -3.49. The van der Waals surface area contributed by atoms with E-state index in [-0.39, 0.29) is 6.04 Å². The predicted molar refractivity (Wildman–Crippen MR) is 72.6 cm³/mol. The number of nitrogens with one attached hydrogen (secondary N) is 2. The molecule has 106 valence electrons. The lowest BCUT2D eigenvalue weighted by molar-refractivity contribution is 0.501. The number of aryl methyl sites for hydroxylation is 1. The van der Waals surface area contributed by atoms with Crippen LogP contribution in [0.1, 0.15) is 43.7 Å². The summed E-state index contributed by atoms with van der Waals surface area (Å²) in [5, 5.41) is 0. The van der Waals surface area contributed by atoms with Crippen LogP contribution in [-0.2, 0) is 10.2 Å². The lowest BCUT2D eigenvalue weighted by Crippen LogP contribution is -2.40. The van der Waals surface area contributed by atoms with Crippen LogP contribution >= 0.6 is 0 Å². The van der Waals surface area contributed by atoms with E-state index in [4.69, 9.17) is 0 Å². The third-order valence-corrected chi connectivity index (χ3v) is 4.16. The Morgan fingerprint density at radius 1 is 1.47 bits per heavy atom.